The maximum atomic E-state index is 11.0. The molecule has 0 unspecified atom stereocenters. The van der Waals surface area contributed by atoms with E-state index in [1.165, 1.54) is 7.11 Å². The number of hydrogen-bond donors (Lipinski definition) is 2. The van der Waals surface area contributed by atoms with Crippen molar-refractivity contribution >= 4 is 5.91 Å². The number of carbonyl (C=O) groups excluding carboxylic acids is 1. The molecule has 0 saturated heterocycles. The highest BCUT2D eigenvalue weighted by Crippen LogP contribution is 1.89. The lowest BCUT2D eigenvalue weighted by Gasteiger charge is -1.98. The Morgan fingerprint density at radius 3 is 3.27 bits per heavy atom. The van der Waals surface area contributed by atoms with Gasteiger partial charge in [-0.05, 0) is 6.07 Å². The average Bonchev–Trinajstić information content (AvgIpc) is 2.52. The maximum Gasteiger partial charge on any atom is 0.273 e. The zero-order valence-corrected chi connectivity index (χ0v) is 6.13. The van der Waals surface area contributed by atoms with Gasteiger partial charge >= 0.3 is 0 Å². The lowest BCUT2D eigenvalue weighted by Crippen LogP contribution is -2.25. The third kappa shape index (κ3) is 2.05. The van der Waals surface area contributed by atoms with Crippen molar-refractivity contribution in [2.24, 2.45) is 0 Å². The molecule has 0 aliphatic heterocycles. The molecular weight excluding hydrogens is 146 g/mol. The topological polar surface area (TPSA) is 67.0 Å². The first-order chi connectivity index (χ1) is 5.34. The molecule has 0 aliphatic carbocycles. The molecular formula is C6H9N3O2. The molecule has 0 radical (unpaired) electrons. The van der Waals surface area contributed by atoms with Gasteiger partial charge < -0.3 is 10.1 Å². The molecule has 5 nitrogen and oxygen atoms in total. The first-order valence-corrected chi connectivity index (χ1v) is 3.11. The Labute approximate surface area is 63.7 Å². The van der Waals surface area contributed by atoms with Crippen LogP contribution >= 0.6 is 0 Å². The largest absolute Gasteiger partial charge is 0.364 e. The van der Waals surface area contributed by atoms with E-state index in [0.717, 1.165) is 0 Å². The van der Waals surface area contributed by atoms with Gasteiger partial charge in [0.15, 0.2) is 0 Å². The summed E-state index contributed by atoms with van der Waals surface area (Å²) in [5, 5.41) is 8.70. The third-order valence-corrected chi connectivity index (χ3v) is 1.11. The van der Waals surface area contributed by atoms with Crippen LogP contribution in [-0.2, 0) is 4.74 Å². The van der Waals surface area contributed by atoms with Gasteiger partial charge in [-0.1, -0.05) is 0 Å². The highest BCUT2D eigenvalue weighted by Gasteiger charge is 2.04. The molecule has 0 aromatic carbocycles. The molecule has 0 saturated carbocycles. The number of amides is 1. The summed E-state index contributed by atoms with van der Waals surface area (Å²) in [6, 6.07) is 1.59. The van der Waals surface area contributed by atoms with E-state index in [2.05, 4.69) is 20.3 Å². The summed E-state index contributed by atoms with van der Waals surface area (Å²) in [5.41, 5.74) is 0.363. The summed E-state index contributed by atoms with van der Waals surface area (Å²) in [6.45, 7) is 0.200. The summed E-state index contributed by atoms with van der Waals surface area (Å²) in [5.74, 6) is -0.242. The fourth-order valence-corrected chi connectivity index (χ4v) is 0.615. The van der Waals surface area contributed by atoms with Crippen LogP contribution in [0.4, 0.5) is 0 Å². The van der Waals surface area contributed by atoms with E-state index in [9.17, 15) is 4.79 Å². The van der Waals surface area contributed by atoms with Crippen LogP contribution in [0.2, 0.25) is 0 Å². The smallest absolute Gasteiger partial charge is 0.273 e. The van der Waals surface area contributed by atoms with Crippen LogP contribution in [0.5, 0.6) is 0 Å². The van der Waals surface area contributed by atoms with Crippen LogP contribution in [-0.4, -0.2) is 29.9 Å². The van der Waals surface area contributed by atoms with Gasteiger partial charge in [-0.15, -0.1) is 0 Å². The van der Waals surface area contributed by atoms with Crippen molar-refractivity contribution in [3.05, 3.63) is 18.0 Å². The Balaban J connectivity index is 2.43. The summed E-state index contributed by atoms with van der Waals surface area (Å²) in [7, 11) is 1.50. The number of hydrogen-bond acceptors (Lipinski definition) is 3. The molecule has 1 aromatic rings. The van der Waals surface area contributed by atoms with Crippen molar-refractivity contribution in [1.29, 1.82) is 0 Å². The van der Waals surface area contributed by atoms with E-state index in [4.69, 9.17) is 0 Å². The molecule has 60 valence electrons. The number of aromatic nitrogens is 2. The number of carbonyl (C=O) groups is 1. The third-order valence-electron chi connectivity index (χ3n) is 1.11. The minimum Gasteiger partial charge on any atom is -0.364 e. The number of methoxy groups -OCH3 is 1. The van der Waals surface area contributed by atoms with Crippen molar-refractivity contribution in [3.8, 4) is 0 Å². The van der Waals surface area contributed by atoms with Crippen LogP contribution < -0.4 is 5.32 Å². The molecule has 11 heavy (non-hydrogen) atoms. The molecule has 5 heteroatoms. The minimum absolute atomic E-state index is 0.200. The van der Waals surface area contributed by atoms with Gasteiger partial charge in [0.2, 0.25) is 0 Å². The maximum absolute atomic E-state index is 11.0. The second-order valence-corrected chi connectivity index (χ2v) is 1.90. The van der Waals surface area contributed by atoms with Gasteiger partial charge in [0.25, 0.3) is 5.91 Å². The molecule has 1 amide bonds. The molecule has 0 atom stereocenters. The van der Waals surface area contributed by atoms with Crippen molar-refractivity contribution in [2.75, 3.05) is 13.8 Å². The monoisotopic (exact) mass is 155 g/mol. The van der Waals surface area contributed by atoms with E-state index in [0.29, 0.717) is 5.69 Å². The van der Waals surface area contributed by atoms with Gasteiger partial charge in [-0.3, -0.25) is 9.89 Å². The van der Waals surface area contributed by atoms with Gasteiger partial charge in [-0.2, -0.15) is 5.10 Å². The van der Waals surface area contributed by atoms with Crippen LogP contribution in [0.15, 0.2) is 12.3 Å². The number of nitrogens with one attached hydrogen (secondary N) is 2. The molecule has 0 aliphatic rings. The summed E-state index contributed by atoms with van der Waals surface area (Å²) in [6.07, 6.45) is 1.59. The lowest BCUT2D eigenvalue weighted by atomic mass is 10.4. The Hall–Kier alpha value is -1.36. The highest BCUT2D eigenvalue weighted by atomic mass is 16.5. The van der Waals surface area contributed by atoms with Crippen LogP contribution in [0, 0.1) is 0 Å². The van der Waals surface area contributed by atoms with Crippen LogP contribution in [0.1, 0.15) is 10.5 Å². The molecule has 0 fully saturated rings. The zero-order valence-electron chi connectivity index (χ0n) is 6.13. The lowest BCUT2D eigenvalue weighted by molar-refractivity contribution is 0.0867. The number of H-pyrrole nitrogens is 1. The van der Waals surface area contributed by atoms with Crippen LogP contribution in [0.25, 0.3) is 0 Å². The normalized spacial score (nSPS) is 9.55. The molecule has 1 aromatic heterocycles. The van der Waals surface area contributed by atoms with E-state index in [1.807, 2.05) is 0 Å². The number of rotatable bonds is 3. The molecule has 1 heterocycles. The number of aromatic amines is 1. The van der Waals surface area contributed by atoms with Gasteiger partial charge in [0.1, 0.15) is 12.4 Å². The Morgan fingerprint density at radius 2 is 2.73 bits per heavy atom. The van der Waals surface area contributed by atoms with E-state index in [-0.39, 0.29) is 12.6 Å². The van der Waals surface area contributed by atoms with E-state index >= 15 is 0 Å². The predicted molar refractivity (Wildman–Crippen MR) is 37.9 cm³/mol. The van der Waals surface area contributed by atoms with Crippen molar-refractivity contribution < 1.29 is 9.53 Å². The van der Waals surface area contributed by atoms with Crippen LogP contribution in [0.3, 0.4) is 0 Å². The minimum atomic E-state index is -0.242. The molecule has 0 spiro atoms. The second-order valence-electron chi connectivity index (χ2n) is 1.90. The SMILES string of the molecule is COCNC(=O)c1cc[nH]n1. The quantitative estimate of drug-likeness (QED) is 0.591. The molecule has 1 rings (SSSR count). The Morgan fingerprint density at radius 1 is 1.91 bits per heavy atom. The summed E-state index contributed by atoms with van der Waals surface area (Å²) in [4.78, 5) is 11.0. The van der Waals surface area contributed by atoms with Crippen molar-refractivity contribution in [2.45, 2.75) is 0 Å². The fraction of sp³-hybridized carbons (Fsp3) is 0.333. The fourth-order valence-electron chi connectivity index (χ4n) is 0.615. The summed E-state index contributed by atoms with van der Waals surface area (Å²) < 4.78 is 4.64. The average molecular weight is 155 g/mol. The first kappa shape index (κ1) is 7.74. The van der Waals surface area contributed by atoms with E-state index in [1.54, 1.807) is 12.3 Å². The van der Waals surface area contributed by atoms with Gasteiger partial charge in [0, 0.05) is 13.3 Å². The Kier molecular flexibility index (Phi) is 2.62. The van der Waals surface area contributed by atoms with Gasteiger partial charge in [0.05, 0.1) is 0 Å². The number of ether oxygens (including phenoxy) is 1. The molecule has 2 N–H and O–H groups in total. The standard InChI is InChI=1S/C6H9N3O2/c1-11-4-7-6(10)5-2-3-8-9-5/h2-3H,4H2,1H3,(H,7,10)(H,8,9). The van der Waals surface area contributed by atoms with Crippen molar-refractivity contribution in [1.82, 2.24) is 15.5 Å². The van der Waals surface area contributed by atoms with Gasteiger partial charge in [-0.25, -0.2) is 0 Å². The predicted octanol–water partition coefficient (Wildman–Crippen LogP) is -0.257. The summed E-state index contributed by atoms with van der Waals surface area (Å²) >= 11 is 0. The second kappa shape index (κ2) is 3.72. The van der Waals surface area contributed by atoms with Crippen molar-refractivity contribution in [3.63, 3.8) is 0 Å². The Bertz CT molecular complexity index is 220. The first-order valence-electron chi connectivity index (χ1n) is 3.11. The number of nitrogens with zero attached hydrogens (tertiary/aromatic N) is 1. The highest BCUT2D eigenvalue weighted by molar-refractivity contribution is 5.91. The molecule has 0 bridgehead atoms. The zero-order chi connectivity index (χ0) is 8.10. The van der Waals surface area contributed by atoms with E-state index < -0.39 is 0 Å².